The number of benzene rings is 1. The van der Waals surface area contributed by atoms with Gasteiger partial charge < -0.3 is 4.74 Å². The van der Waals surface area contributed by atoms with Gasteiger partial charge in [0.2, 0.25) is 0 Å². The molecule has 0 aromatic heterocycles. The predicted molar refractivity (Wildman–Crippen MR) is 70.6 cm³/mol. The van der Waals surface area contributed by atoms with Crippen LogP contribution >= 0.6 is 0 Å². The molecule has 1 amide bonds. The van der Waals surface area contributed by atoms with Crippen LogP contribution in [0.15, 0.2) is 30.3 Å². The Morgan fingerprint density at radius 3 is 2.84 bits per heavy atom. The second-order valence-electron chi connectivity index (χ2n) is 5.75. The van der Waals surface area contributed by atoms with Gasteiger partial charge in [-0.1, -0.05) is 30.3 Å². The van der Waals surface area contributed by atoms with E-state index in [1.165, 1.54) is 18.4 Å². The molecule has 100 valence electrons. The van der Waals surface area contributed by atoms with Crippen LogP contribution in [0.1, 0.15) is 18.4 Å². The quantitative estimate of drug-likeness (QED) is 0.811. The number of hydrogen-bond donors (Lipinski definition) is 0. The molecule has 0 spiro atoms. The van der Waals surface area contributed by atoms with Gasteiger partial charge in [0.1, 0.15) is 6.61 Å². The molecule has 2 bridgehead atoms. The molecule has 2 unspecified atom stereocenters. The van der Waals surface area contributed by atoms with Gasteiger partial charge in [0, 0.05) is 25.2 Å². The molecule has 3 aliphatic heterocycles. The number of cyclic esters (lactones) is 1. The standard InChI is InChI=1S/C15H18N2O2/c18-15-17-9-12-6-7-13(14(17)10-19-15)16(12)8-11-4-2-1-3-5-11/h1-5,12-14H,6-10H2/t12?,13-,14?/m1/s1. The predicted octanol–water partition coefficient (Wildman–Crippen LogP) is 1.85. The van der Waals surface area contributed by atoms with Gasteiger partial charge in [0.15, 0.2) is 0 Å². The van der Waals surface area contributed by atoms with E-state index in [-0.39, 0.29) is 12.1 Å². The summed E-state index contributed by atoms with van der Waals surface area (Å²) in [5, 5.41) is 0. The first-order chi connectivity index (χ1) is 9.33. The van der Waals surface area contributed by atoms with E-state index in [2.05, 4.69) is 35.2 Å². The summed E-state index contributed by atoms with van der Waals surface area (Å²) in [6.07, 6.45) is 2.29. The Morgan fingerprint density at radius 2 is 2.00 bits per heavy atom. The molecule has 0 N–H and O–H groups in total. The Hall–Kier alpha value is -1.55. The number of nitrogens with zero attached hydrogens (tertiary/aromatic N) is 2. The molecule has 3 saturated heterocycles. The van der Waals surface area contributed by atoms with Gasteiger partial charge in [-0.15, -0.1) is 0 Å². The fourth-order valence-corrected chi connectivity index (χ4v) is 3.84. The summed E-state index contributed by atoms with van der Waals surface area (Å²) in [5.41, 5.74) is 1.36. The molecule has 3 heterocycles. The summed E-state index contributed by atoms with van der Waals surface area (Å²) in [4.78, 5) is 16.2. The molecule has 3 fully saturated rings. The van der Waals surface area contributed by atoms with Crippen molar-refractivity contribution >= 4 is 6.09 Å². The van der Waals surface area contributed by atoms with E-state index in [1.807, 2.05) is 4.90 Å². The van der Waals surface area contributed by atoms with E-state index in [0.717, 1.165) is 13.1 Å². The number of ether oxygens (including phenoxy) is 1. The van der Waals surface area contributed by atoms with Gasteiger partial charge in [-0.05, 0) is 18.4 Å². The Morgan fingerprint density at radius 1 is 1.16 bits per heavy atom. The molecule has 3 atom stereocenters. The van der Waals surface area contributed by atoms with Gasteiger partial charge in [-0.2, -0.15) is 0 Å². The lowest BCUT2D eigenvalue weighted by atomic mass is 10.0. The van der Waals surface area contributed by atoms with E-state index in [1.54, 1.807) is 0 Å². The number of fused-ring (bicyclic) bond motifs is 4. The third-order valence-electron chi connectivity index (χ3n) is 4.76. The molecular formula is C15H18N2O2. The van der Waals surface area contributed by atoms with Crippen molar-refractivity contribution in [1.29, 1.82) is 0 Å². The number of hydrogen-bond acceptors (Lipinski definition) is 3. The summed E-state index contributed by atoms with van der Waals surface area (Å²) in [5.74, 6) is 0. The summed E-state index contributed by atoms with van der Waals surface area (Å²) >= 11 is 0. The minimum Gasteiger partial charge on any atom is -0.447 e. The van der Waals surface area contributed by atoms with Crippen LogP contribution in [0.2, 0.25) is 0 Å². The van der Waals surface area contributed by atoms with E-state index in [9.17, 15) is 4.79 Å². The maximum Gasteiger partial charge on any atom is 0.410 e. The molecule has 0 aliphatic carbocycles. The zero-order valence-electron chi connectivity index (χ0n) is 10.9. The second-order valence-corrected chi connectivity index (χ2v) is 5.75. The average molecular weight is 258 g/mol. The number of carbonyl (C=O) groups is 1. The molecule has 4 heteroatoms. The topological polar surface area (TPSA) is 32.8 Å². The summed E-state index contributed by atoms with van der Waals surface area (Å²) in [6, 6.07) is 11.9. The van der Waals surface area contributed by atoms with E-state index < -0.39 is 0 Å². The number of amides is 1. The zero-order chi connectivity index (χ0) is 12.8. The summed E-state index contributed by atoms with van der Waals surface area (Å²) in [7, 11) is 0. The van der Waals surface area contributed by atoms with Crippen molar-refractivity contribution in [3.8, 4) is 0 Å². The van der Waals surface area contributed by atoms with Crippen molar-refractivity contribution in [2.45, 2.75) is 37.5 Å². The molecule has 4 nitrogen and oxygen atoms in total. The first kappa shape index (κ1) is 11.3. The van der Waals surface area contributed by atoms with Crippen LogP contribution in [0.4, 0.5) is 4.79 Å². The van der Waals surface area contributed by atoms with Crippen molar-refractivity contribution < 1.29 is 9.53 Å². The van der Waals surface area contributed by atoms with Crippen molar-refractivity contribution in [2.24, 2.45) is 0 Å². The highest BCUT2D eigenvalue weighted by Gasteiger charge is 2.51. The van der Waals surface area contributed by atoms with Crippen LogP contribution in [0.25, 0.3) is 0 Å². The highest BCUT2D eigenvalue weighted by molar-refractivity contribution is 5.70. The number of carbonyl (C=O) groups excluding carboxylic acids is 1. The maximum atomic E-state index is 11.7. The van der Waals surface area contributed by atoms with Crippen LogP contribution in [0.3, 0.4) is 0 Å². The first-order valence-corrected chi connectivity index (χ1v) is 7.06. The molecule has 0 radical (unpaired) electrons. The fraction of sp³-hybridized carbons (Fsp3) is 0.533. The van der Waals surface area contributed by atoms with Crippen LogP contribution in [0.5, 0.6) is 0 Å². The monoisotopic (exact) mass is 258 g/mol. The van der Waals surface area contributed by atoms with E-state index in [0.29, 0.717) is 18.7 Å². The van der Waals surface area contributed by atoms with Crippen LogP contribution in [-0.4, -0.2) is 47.2 Å². The zero-order valence-corrected chi connectivity index (χ0v) is 10.9. The third-order valence-corrected chi connectivity index (χ3v) is 4.76. The lowest BCUT2D eigenvalue weighted by molar-refractivity contribution is 0.0522. The maximum absolute atomic E-state index is 11.7. The molecule has 3 aliphatic rings. The molecule has 4 rings (SSSR count). The van der Waals surface area contributed by atoms with Crippen LogP contribution < -0.4 is 0 Å². The van der Waals surface area contributed by atoms with Gasteiger partial charge in [-0.3, -0.25) is 9.80 Å². The number of rotatable bonds is 2. The summed E-state index contributed by atoms with van der Waals surface area (Å²) < 4.78 is 5.21. The van der Waals surface area contributed by atoms with Gasteiger partial charge >= 0.3 is 6.09 Å². The normalized spacial score (nSPS) is 33.4. The Balaban J connectivity index is 1.57. The van der Waals surface area contributed by atoms with Crippen molar-refractivity contribution in [3.63, 3.8) is 0 Å². The van der Waals surface area contributed by atoms with Crippen molar-refractivity contribution in [3.05, 3.63) is 35.9 Å². The smallest absolute Gasteiger partial charge is 0.410 e. The van der Waals surface area contributed by atoms with Crippen molar-refractivity contribution in [1.82, 2.24) is 9.80 Å². The first-order valence-electron chi connectivity index (χ1n) is 7.06. The van der Waals surface area contributed by atoms with Gasteiger partial charge in [0.25, 0.3) is 0 Å². The Labute approximate surface area is 112 Å². The molecular weight excluding hydrogens is 240 g/mol. The lowest BCUT2D eigenvalue weighted by Crippen LogP contribution is -2.58. The average Bonchev–Trinajstić information content (AvgIpc) is 2.93. The van der Waals surface area contributed by atoms with Crippen LogP contribution in [0, 0.1) is 0 Å². The highest BCUT2D eigenvalue weighted by Crippen LogP contribution is 2.37. The minimum atomic E-state index is -0.110. The van der Waals surface area contributed by atoms with E-state index in [4.69, 9.17) is 4.74 Å². The molecule has 1 aromatic carbocycles. The Bertz CT molecular complexity index is 490. The molecule has 19 heavy (non-hydrogen) atoms. The third kappa shape index (κ3) is 1.74. The van der Waals surface area contributed by atoms with E-state index >= 15 is 0 Å². The highest BCUT2D eigenvalue weighted by atomic mass is 16.6. The summed E-state index contributed by atoms with van der Waals surface area (Å²) in [6.45, 7) is 2.41. The van der Waals surface area contributed by atoms with Crippen LogP contribution in [-0.2, 0) is 11.3 Å². The van der Waals surface area contributed by atoms with Gasteiger partial charge in [0.05, 0.1) is 6.04 Å². The Kier molecular flexibility index (Phi) is 2.52. The number of piperazine rings is 1. The molecule has 0 saturated carbocycles. The van der Waals surface area contributed by atoms with Crippen molar-refractivity contribution in [2.75, 3.05) is 13.2 Å². The largest absolute Gasteiger partial charge is 0.447 e. The lowest BCUT2D eigenvalue weighted by Gasteiger charge is -2.42. The second kappa shape index (κ2) is 4.23. The SMILES string of the molecule is O=C1OCC2[C@H]3CCC(CN12)N3Cc1ccccc1. The fourth-order valence-electron chi connectivity index (χ4n) is 3.84. The van der Waals surface area contributed by atoms with Gasteiger partial charge in [-0.25, -0.2) is 4.79 Å². The molecule has 1 aromatic rings. The minimum absolute atomic E-state index is 0.110.